The summed E-state index contributed by atoms with van der Waals surface area (Å²) >= 11 is 0. The first-order valence-electron chi connectivity index (χ1n) is 9.96. The second-order valence-electron chi connectivity index (χ2n) is 7.87. The number of carbonyl (C=O) groups is 1. The number of hydrogen-bond acceptors (Lipinski definition) is 5. The third-order valence-corrected chi connectivity index (χ3v) is 5.90. The summed E-state index contributed by atoms with van der Waals surface area (Å²) in [6, 6.07) is 3.43. The van der Waals surface area contributed by atoms with Gasteiger partial charge in [-0.1, -0.05) is 5.16 Å². The van der Waals surface area contributed by atoms with E-state index < -0.39 is 0 Å². The average molecular weight is 381 g/mol. The molecule has 1 N–H and O–H groups in total. The SMILES string of the molecule is Cc1cc(=O)n2[nH]c(C3CCCN(C(=O)c4noc5c4CCCC5)C3)cc2n1. The minimum Gasteiger partial charge on any atom is -0.360 e. The molecule has 1 aliphatic carbocycles. The normalized spacial score (nSPS) is 19.8. The van der Waals surface area contributed by atoms with Crippen LogP contribution in [0.5, 0.6) is 0 Å². The van der Waals surface area contributed by atoms with Crippen molar-refractivity contribution < 1.29 is 9.32 Å². The van der Waals surface area contributed by atoms with E-state index in [-0.39, 0.29) is 17.4 Å². The number of fused-ring (bicyclic) bond motifs is 2. The number of carbonyl (C=O) groups excluding carboxylic acids is 1. The predicted octanol–water partition coefficient (Wildman–Crippen LogP) is 2.22. The number of aromatic nitrogens is 4. The van der Waals surface area contributed by atoms with Crippen molar-refractivity contribution in [3.63, 3.8) is 0 Å². The summed E-state index contributed by atoms with van der Waals surface area (Å²) in [5.74, 6) is 0.972. The molecular formula is C20H23N5O3. The van der Waals surface area contributed by atoms with Crippen LogP contribution in [0.25, 0.3) is 5.65 Å². The van der Waals surface area contributed by atoms with Crippen LogP contribution in [0, 0.1) is 6.92 Å². The lowest BCUT2D eigenvalue weighted by molar-refractivity contribution is 0.0694. The van der Waals surface area contributed by atoms with Crippen LogP contribution in [0.4, 0.5) is 0 Å². The molecule has 8 nitrogen and oxygen atoms in total. The second kappa shape index (κ2) is 6.61. The summed E-state index contributed by atoms with van der Waals surface area (Å²) in [7, 11) is 0. The fourth-order valence-corrected chi connectivity index (χ4v) is 4.46. The molecule has 2 aliphatic rings. The van der Waals surface area contributed by atoms with Crippen molar-refractivity contribution in [3.05, 3.63) is 50.9 Å². The van der Waals surface area contributed by atoms with E-state index in [9.17, 15) is 9.59 Å². The first-order valence-corrected chi connectivity index (χ1v) is 9.96. The summed E-state index contributed by atoms with van der Waals surface area (Å²) in [6.07, 6.45) is 5.78. The van der Waals surface area contributed by atoms with E-state index in [2.05, 4.69) is 15.2 Å². The van der Waals surface area contributed by atoms with Crippen molar-refractivity contribution in [3.8, 4) is 0 Å². The molecule has 1 unspecified atom stereocenters. The smallest absolute Gasteiger partial charge is 0.276 e. The maximum absolute atomic E-state index is 13.1. The highest BCUT2D eigenvalue weighted by Crippen LogP contribution is 2.29. The third kappa shape index (κ3) is 2.83. The molecule has 5 rings (SSSR count). The number of aryl methyl sites for hydroxylation is 2. The molecule has 1 atom stereocenters. The number of nitrogens with one attached hydrogen (secondary N) is 1. The molecule has 4 heterocycles. The Morgan fingerprint density at radius 3 is 3.00 bits per heavy atom. The molecule has 3 aromatic rings. The summed E-state index contributed by atoms with van der Waals surface area (Å²) in [5, 5.41) is 7.27. The van der Waals surface area contributed by atoms with Crippen LogP contribution in [0.15, 0.2) is 21.5 Å². The van der Waals surface area contributed by atoms with Crippen molar-refractivity contribution in [2.45, 2.75) is 51.4 Å². The van der Waals surface area contributed by atoms with E-state index in [4.69, 9.17) is 4.52 Å². The van der Waals surface area contributed by atoms with Crippen molar-refractivity contribution in [1.82, 2.24) is 24.7 Å². The van der Waals surface area contributed by atoms with Gasteiger partial charge in [-0.25, -0.2) is 9.50 Å². The monoisotopic (exact) mass is 381 g/mol. The Bertz CT molecular complexity index is 1110. The van der Waals surface area contributed by atoms with Gasteiger partial charge in [0.15, 0.2) is 11.3 Å². The lowest BCUT2D eigenvalue weighted by atomic mass is 9.93. The van der Waals surface area contributed by atoms with Gasteiger partial charge in [0.2, 0.25) is 0 Å². The van der Waals surface area contributed by atoms with Crippen LogP contribution in [0.2, 0.25) is 0 Å². The fourth-order valence-electron chi connectivity index (χ4n) is 4.46. The Morgan fingerprint density at radius 2 is 2.11 bits per heavy atom. The van der Waals surface area contributed by atoms with E-state index in [0.717, 1.165) is 55.5 Å². The molecule has 0 radical (unpaired) electrons. The van der Waals surface area contributed by atoms with Gasteiger partial charge >= 0.3 is 0 Å². The molecule has 0 bridgehead atoms. The summed E-state index contributed by atoms with van der Waals surface area (Å²) in [5.41, 5.74) is 3.62. The highest BCUT2D eigenvalue weighted by molar-refractivity contribution is 5.94. The number of H-pyrrole nitrogens is 1. The topological polar surface area (TPSA) is 96.5 Å². The first-order chi connectivity index (χ1) is 13.6. The number of rotatable bonds is 2. The van der Waals surface area contributed by atoms with Crippen LogP contribution in [-0.2, 0) is 12.8 Å². The van der Waals surface area contributed by atoms with Crippen LogP contribution in [0.3, 0.4) is 0 Å². The fraction of sp³-hybridized carbons (Fsp3) is 0.500. The largest absolute Gasteiger partial charge is 0.360 e. The molecule has 0 aromatic carbocycles. The van der Waals surface area contributed by atoms with Gasteiger partial charge in [0, 0.05) is 54.5 Å². The zero-order valence-electron chi connectivity index (χ0n) is 15.9. The summed E-state index contributed by atoms with van der Waals surface area (Å²) in [6.45, 7) is 3.13. The van der Waals surface area contributed by atoms with Crippen LogP contribution >= 0.6 is 0 Å². The van der Waals surface area contributed by atoms with E-state index in [1.165, 1.54) is 10.6 Å². The molecule has 28 heavy (non-hydrogen) atoms. The van der Waals surface area contributed by atoms with Crippen LogP contribution in [0.1, 0.15) is 64.8 Å². The quantitative estimate of drug-likeness (QED) is 0.734. The van der Waals surface area contributed by atoms with Gasteiger partial charge in [-0.15, -0.1) is 0 Å². The third-order valence-electron chi connectivity index (χ3n) is 5.90. The van der Waals surface area contributed by atoms with Gasteiger partial charge in [-0.2, -0.15) is 0 Å². The Kier molecular flexibility index (Phi) is 4.07. The highest BCUT2D eigenvalue weighted by Gasteiger charge is 2.31. The minimum absolute atomic E-state index is 0.0427. The number of nitrogens with zero attached hydrogens (tertiary/aromatic N) is 4. The Balaban J connectivity index is 1.41. The Hall–Kier alpha value is -2.90. The van der Waals surface area contributed by atoms with Gasteiger partial charge < -0.3 is 9.42 Å². The summed E-state index contributed by atoms with van der Waals surface area (Å²) in [4.78, 5) is 31.6. The standard InChI is InChI=1S/C20H23N5O3/c1-12-9-18(26)25-17(21-12)10-15(22-25)13-5-4-8-24(11-13)20(27)19-14-6-2-3-7-16(14)28-23-19/h9-10,13,22H,2-8,11H2,1H3. The number of hydrogen-bond donors (Lipinski definition) is 1. The van der Waals surface area contributed by atoms with Gasteiger partial charge in [-0.3, -0.25) is 14.7 Å². The Labute approximate surface area is 161 Å². The van der Waals surface area contributed by atoms with Crippen molar-refractivity contribution in [1.29, 1.82) is 0 Å². The predicted molar refractivity (Wildman–Crippen MR) is 102 cm³/mol. The second-order valence-corrected chi connectivity index (χ2v) is 7.87. The first kappa shape index (κ1) is 17.2. The van der Waals surface area contributed by atoms with E-state index in [1.807, 2.05) is 17.9 Å². The molecule has 8 heteroatoms. The lowest BCUT2D eigenvalue weighted by Gasteiger charge is -2.32. The maximum atomic E-state index is 13.1. The number of amides is 1. The summed E-state index contributed by atoms with van der Waals surface area (Å²) < 4.78 is 6.89. The van der Waals surface area contributed by atoms with Crippen molar-refractivity contribution in [2.75, 3.05) is 13.1 Å². The number of piperidine rings is 1. The molecule has 3 aromatic heterocycles. The molecule has 0 spiro atoms. The highest BCUT2D eigenvalue weighted by atomic mass is 16.5. The molecule has 1 amide bonds. The van der Waals surface area contributed by atoms with Gasteiger partial charge in [0.25, 0.3) is 11.5 Å². The maximum Gasteiger partial charge on any atom is 0.276 e. The van der Waals surface area contributed by atoms with Crippen LogP contribution < -0.4 is 5.56 Å². The van der Waals surface area contributed by atoms with Crippen LogP contribution in [-0.4, -0.2) is 43.7 Å². The van der Waals surface area contributed by atoms with Gasteiger partial charge in [0.1, 0.15) is 5.76 Å². The number of aromatic amines is 1. The van der Waals surface area contributed by atoms with Crippen molar-refractivity contribution >= 4 is 11.6 Å². The molecule has 0 saturated carbocycles. The molecule has 1 saturated heterocycles. The zero-order valence-corrected chi connectivity index (χ0v) is 15.9. The molecule has 1 fully saturated rings. The number of likely N-dealkylation sites (tertiary alicyclic amines) is 1. The average Bonchev–Trinajstić information content (AvgIpc) is 3.32. The van der Waals surface area contributed by atoms with Gasteiger partial charge in [0.05, 0.1) is 0 Å². The molecule has 1 aliphatic heterocycles. The van der Waals surface area contributed by atoms with E-state index >= 15 is 0 Å². The van der Waals surface area contributed by atoms with E-state index in [0.29, 0.717) is 30.1 Å². The molecule has 146 valence electrons. The molecular weight excluding hydrogens is 358 g/mol. The van der Waals surface area contributed by atoms with Crippen molar-refractivity contribution in [2.24, 2.45) is 0 Å². The zero-order chi connectivity index (χ0) is 19.3. The van der Waals surface area contributed by atoms with Gasteiger partial charge in [-0.05, 0) is 39.0 Å². The van der Waals surface area contributed by atoms with E-state index in [1.54, 1.807) is 0 Å². The minimum atomic E-state index is -0.119. The lowest BCUT2D eigenvalue weighted by Crippen LogP contribution is -2.39. The Morgan fingerprint density at radius 1 is 1.25 bits per heavy atom.